The summed E-state index contributed by atoms with van der Waals surface area (Å²) in [5, 5.41) is 0. The van der Waals surface area contributed by atoms with E-state index in [0.29, 0.717) is 0 Å². The minimum Gasteiger partial charge on any atom is -0.412 e. The van der Waals surface area contributed by atoms with Gasteiger partial charge in [-0.3, -0.25) is 0 Å². The molecule has 5 heteroatoms. The second-order valence-corrected chi connectivity index (χ2v) is 0. The molecule has 0 aliphatic heterocycles. The van der Waals surface area contributed by atoms with Crippen LogP contribution in [0.1, 0.15) is 0 Å². The molecule has 40 valence electrons. The van der Waals surface area contributed by atoms with Gasteiger partial charge in [-0.05, 0) is 0 Å². The van der Waals surface area contributed by atoms with Gasteiger partial charge in [0.25, 0.3) is 0 Å². The van der Waals surface area contributed by atoms with E-state index in [1.165, 1.54) is 0 Å². The monoisotopic (exact) mass is 200 g/mol. The van der Waals surface area contributed by atoms with Crippen LogP contribution in [0.4, 0.5) is 0 Å². The second kappa shape index (κ2) is 179. The van der Waals surface area contributed by atoms with Crippen molar-refractivity contribution in [1.82, 2.24) is 0 Å². The molecule has 0 saturated heterocycles. The molecule has 0 heterocycles. The van der Waals surface area contributed by atoms with Gasteiger partial charge in [0.1, 0.15) is 0 Å². The fourth-order valence-corrected chi connectivity index (χ4v) is 0. The number of rotatable bonds is 0. The van der Waals surface area contributed by atoms with E-state index in [4.69, 9.17) is 0 Å². The quantitative estimate of drug-likeness (QED) is 0.377. The maximum atomic E-state index is 0. The van der Waals surface area contributed by atoms with Crippen LogP contribution in [0.5, 0.6) is 0 Å². The molecular formula is H9IO4. The Labute approximate surface area is 46.4 Å². The summed E-state index contributed by atoms with van der Waals surface area (Å²) in [7, 11) is 0. The Morgan fingerprint density at radius 3 is 0.400 bits per heavy atom. The highest BCUT2D eigenvalue weighted by atomic mass is 127. The molecule has 0 rings (SSSR count). The van der Waals surface area contributed by atoms with Crippen LogP contribution in [0, 0.1) is 0 Å². The van der Waals surface area contributed by atoms with Crippen molar-refractivity contribution in [3.05, 3.63) is 0 Å². The highest BCUT2D eigenvalue weighted by molar-refractivity contribution is 14.0. The van der Waals surface area contributed by atoms with Crippen LogP contribution in [0.25, 0.3) is 0 Å². The molecule has 0 spiro atoms. The van der Waals surface area contributed by atoms with Gasteiger partial charge in [0, 0.05) is 0 Å². The van der Waals surface area contributed by atoms with Crippen molar-refractivity contribution in [3.8, 4) is 0 Å². The lowest BCUT2D eigenvalue weighted by atomic mass is 16.0. The first-order valence-corrected chi connectivity index (χ1v) is 0. The van der Waals surface area contributed by atoms with Gasteiger partial charge < -0.3 is 21.9 Å². The Balaban J connectivity index is 0. The Morgan fingerprint density at radius 2 is 0.400 bits per heavy atom. The zero-order chi connectivity index (χ0) is 0. The Morgan fingerprint density at radius 1 is 0.400 bits per heavy atom. The van der Waals surface area contributed by atoms with E-state index in [2.05, 4.69) is 0 Å². The Bertz CT molecular complexity index is 3.61. The minimum absolute atomic E-state index is 0. The predicted octanol–water partition coefficient (Wildman–Crippen LogP) is -2.68. The SMILES string of the molecule is I.O.O.O.O. The van der Waals surface area contributed by atoms with Gasteiger partial charge in [0.2, 0.25) is 0 Å². The summed E-state index contributed by atoms with van der Waals surface area (Å²) in [6.07, 6.45) is 0. The molecule has 0 unspecified atom stereocenters. The largest absolute Gasteiger partial charge is 0.412 e. The number of hydrogen-bond donors (Lipinski definition) is 0. The first-order chi connectivity index (χ1) is 0. The van der Waals surface area contributed by atoms with Crippen LogP contribution in [0.2, 0.25) is 0 Å². The van der Waals surface area contributed by atoms with Gasteiger partial charge in [0.05, 0.1) is 0 Å². The van der Waals surface area contributed by atoms with E-state index in [-0.39, 0.29) is 45.9 Å². The molecule has 0 aromatic carbocycles. The molecule has 4 nitrogen and oxygen atoms in total. The van der Waals surface area contributed by atoms with Crippen molar-refractivity contribution in [2.45, 2.75) is 0 Å². The van der Waals surface area contributed by atoms with Crippen LogP contribution in [-0.2, 0) is 0 Å². The zero-order valence-electron chi connectivity index (χ0n) is 2.41. The topological polar surface area (TPSA) is 126 Å². The van der Waals surface area contributed by atoms with Gasteiger partial charge >= 0.3 is 0 Å². The molecule has 0 aromatic heterocycles. The van der Waals surface area contributed by atoms with E-state index in [9.17, 15) is 0 Å². The summed E-state index contributed by atoms with van der Waals surface area (Å²) < 4.78 is 0. The highest BCUT2D eigenvalue weighted by Gasteiger charge is -0.107. The summed E-state index contributed by atoms with van der Waals surface area (Å²) in [6, 6.07) is 0. The molecule has 8 N–H and O–H groups in total. The third-order valence-corrected chi connectivity index (χ3v) is 0. The van der Waals surface area contributed by atoms with Crippen molar-refractivity contribution in [3.63, 3.8) is 0 Å². The molecule has 5 heavy (non-hydrogen) atoms. The Hall–Kier alpha value is 0.570. The van der Waals surface area contributed by atoms with Crippen LogP contribution in [-0.4, -0.2) is 21.9 Å². The average Bonchev–Trinajstić information content (AvgIpc) is 0. The van der Waals surface area contributed by atoms with Gasteiger partial charge in [0.15, 0.2) is 0 Å². The third-order valence-electron chi connectivity index (χ3n) is 0. The first-order valence-electron chi connectivity index (χ1n) is 0. The molecular weight excluding hydrogens is 191 g/mol. The number of hydrogen-bond acceptors (Lipinski definition) is 0. The molecule has 0 fully saturated rings. The van der Waals surface area contributed by atoms with E-state index < -0.39 is 0 Å². The Kier molecular flexibility index (Phi) is 12800. The van der Waals surface area contributed by atoms with Crippen LogP contribution in [0.3, 0.4) is 0 Å². The van der Waals surface area contributed by atoms with Crippen molar-refractivity contribution < 1.29 is 21.9 Å². The fraction of sp³-hybridized carbons (Fsp3) is 0. The second-order valence-electron chi connectivity index (χ2n) is 0. The number of halogens is 1. The van der Waals surface area contributed by atoms with Crippen molar-refractivity contribution >= 4 is 24.0 Å². The van der Waals surface area contributed by atoms with Gasteiger partial charge in [-0.15, -0.1) is 24.0 Å². The van der Waals surface area contributed by atoms with Crippen molar-refractivity contribution in [1.29, 1.82) is 0 Å². The van der Waals surface area contributed by atoms with Gasteiger partial charge in [-0.2, -0.15) is 0 Å². The summed E-state index contributed by atoms with van der Waals surface area (Å²) in [4.78, 5) is 0. The highest BCUT2D eigenvalue weighted by Crippen LogP contribution is 0.886. The predicted molar refractivity (Wildman–Crippen MR) is 29.9 cm³/mol. The molecule has 0 radical (unpaired) electrons. The van der Waals surface area contributed by atoms with E-state index in [1.807, 2.05) is 0 Å². The third kappa shape index (κ3) is 92.9. The normalized spacial score (nSPS) is 0. The standard InChI is InChI=1S/HI.4H2O/h1H;4*1H2. The van der Waals surface area contributed by atoms with Crippen LogP contribution in [0.15, 0.2) is 0 Å². The van der Waals surface area contributed by atoms with Crippen molar-refractivity contribution in [2.24, 2.45) is 0 Å². The molecule has 0 aliphatic carbocycles. The van der Waals surface area contributed by atoms with Gasteiger partial charge in [-0.25, -0.2) is 0 Å². The minimum atomic E-state index is 0. The summed E-state index contributed by atoms with van der Waals surface area (Å²) in [5.74, 6) is 0. The lowest BCUT2D eigenvalue weighted by Gasteiger charge is -0.413. The molecule has 0 atom stereocenters. The van der Waals surface area contributed by atoms with Gasteiger partial charge in [-0.1, -0.05) is 0 Å². The molecule has 0 aromatic rings. The molecule has 0 saturated carbocycles. The van der Waals surface area contributed by atoms with Crippen LogP contribution < -0.4 is 0 Å². The first kappa shape index (κ1) is 358. The van der Waals surface area contributed by atoms with E-state index in [1.54, 1.807) is 0 Å². The summed E-state index contributed by atoms with van der Waals surface area (Å²) >= 11 is 0. The van der Waals surface area contributed by atoms with E-state index >= 15 is 0 Å². The lowest BCUT2D eigenvalue weighted by Crippen LogP contribution is -0.290. The summed E-state index contributed by atoms with van der Waals surface area (Å²) in [5.41, 5.74) is 0. The maximum absolute atomic E-state index is 0. The summed E-state index contributed by atoms with van der Waals surface area (Å²) in [6.45, 7) is 0. The fourth-order valence-electron chi connectivity index (χ4n) is 0. The van der Waals surface area contributed by atoms with Crippen LogP contribution >= 0.6 is 24.0 Å². The van der Waals surface area contributed by atoms with Crippen molar-refractivity contribution in [2.75, 3.05) is 0 Å². The zero-order valence-corrected chi connectivity index (χ0v) is 4.74. The van der Waals surface area contributed by atoms with E-state index in [0.717, 1.165) is 0 Å². The molecule has 0 aliphatic rings. The maximum Gasteiger partial charge on any atom is -0.107 e. The molecule has 0 bridgehead atoms. The average molecular weight is 200 g/mol. The lowest BCUT2D eigenvalue weighted by molar-refractivity contribution is 0.823. The molecule has 0 amide bonds. The smallest absolute Gasteiger partial charge is 0.107 e.